The quantitative estimate of drug-likeness (QED) is 0.724. The summed E-state index contributed by atoms with van der Waals surface area (Å²) in [5.74, 6) is -0.828. The summed E-state index contributed by atoms with van der Waals surface area (Å²) in [6, 6.07) is 10.3. The number of benzene rings is 2. The Kier molecular flexibility index (Phi) is 6.45. The number of aryl methyl sites for hydroxylation is 1. The smallest absolute Gasteiger partial charge is 0.340 e. The molecule has 0 radical (unpaired) electrons. The van der Waals surface area contributed by atoms with Gasteiger partial charge in [0.05, 0.1) is 10.6 Å². The Hall–Kier alpha value is -2.04. The number of amides is 1. The minimum Gasteiger partial charge on any atom is -0.452 e. The highest BCUT2D eigenvalue weighted by molar-refractivity contribution is 6.36. The zero-order valence-electron chi connectivity index (χ0n) is 14.2. The summed E-state index contributed by atoms with van der Waals surface area (Å²) in [5, 5.41) is 3.42. The number of halogens is 2. The number of esters is 1. The molecule has 1 amide bonds. The maximum absolute atomic E-state index is 12.2. The molecule has 2 aromatic carbocycles. The highest BCUT2D eigenvalue weighted by Crippen LogP contribution is 2.27. The van der Waals surface area contributed by atoms with Crippen molar-refractivity contribution in [1.82, 2.24) is 0 Å². The van der Waals surface area contributed by atoms with Crippen LogP contribution in [0.4, 0.5) is 5.69 Å². The number of ether oxygens (including phenoxy) is 1. The summed E-state index contributed by atoms with van der Waals surface area (Å²) in [5.41, 5.74) is 2.90. The fourth-order valence-electron chi connectivity index (χ4n) is 2.38. The van der Waals surface area contributed by atoms with Crippen LogP contribution in [-0.4, -0.2) is 18.5 Å². The van der Waals surface area contributed by atoms with Gasteiger partial charge in [0.1, 0.15) is 0 Å². The molecule has 0 saturated carbocycles. The van der Waals surface area contributed by atoms with Crippen LogP contribution in [0.1, 0.15) is 41.3 Å². The van der Waals surface area contributed by atoms with Crippen LogP contribution >= 0.6 is 23.2 Å². The maximum Gasteiger partial charge on any atom is 0.340 e. The van der Waals surface area contributed by atoms with Crippen LogP contribution in [0.5, 0.6) is 0 Å². The first-order valence-corrected chi connectivity index (χ1v) is 8.56. The number of para-hydroxylation sites is 1. The minimum atomic E-state index is -0.675. The average Bonchev–Trinajstić information content (AvgIpc) is 2.54. The molecule has 0 bridgehead atoms. The second-order valence-corrected chi connectivity index (χ2v) is 6.79. The summed E-state index contributed by atoms with van der Waals surface area (Å²) >= 11 is 11.8. The predicted octanol–water partition coefficient (Wildman–Crippen LogP) is 5.22. The zero-order valence-corrected chi connectivity index (χ0v) is 15.7. The Labute approximate surface area is 157 Å². The first-order valence-electron chi connectivity index (χ1n) is 7.81. The lowest BCUT2D eigenvalue weighted by molar-refractivity contribution is -0.119. The van der Waals surface area contributed by atoms with Crippen molar-refractivity contribution >= 4 is 40.8 Å². The van der Waals surface area contributed by atoms with Gasteiger partial charge in [-0.25, -0.2) is 4.79 Å². The molecule has 1 N–H and O–H groups in total. The van der Waals surface area contributed by atoms with Crippen LogP contribution in [0, 0.1) is 6.92 Å². The predicted molar refractivity (Wildman–Crippen MR) is 101 cm³/mol. The fourth-order valence-corrected chi connectivity index (χ4v) is 2.87. The molecule has 132 valence electrons. The van der Waals surface area contributed by atoms with Crippen LogP contribution in [0.25, 0.3) is 0 Å². The van der Waals surface area contributed by atoms with Gasteiger partial charge in [-0.2, -0.15) is 0 Å². The third kappa shape index (κ3) is 4.97. The van der Waals surface area contributed by atoms with E-state index in [1.807, 2.05) is 39.0 Å². The Morgan fingerprint density at radius 2 is 1.88 bits per heavy atom. The number of anilines is 1. The molecule has 0 saturated heterocycles. The summed E-state index contributed by atoms with van der Waals surface area (Å²) in [4.78, 5) is 24.2. The summed E-state index contributed by atoms with van der Waals surface area (Å²) in [6.07, 6.45) is 0. The topological polar surface area (TPSA) is 55.4 Å². The Bertz CT molecular complexity index is 803. The molecule has 0 aliphatic heterocycles. The fraction of sp³-hybridized carbons (Fsp3) is 0.263. The number of nitrogens with one attached hydrogen (secondary N) is 1. The third-order valence-electron chi connectivity index (χ3n) is 3.68. The van der Waals surface area contributed by atoms with Crippen molar-refractivity contribution in [2.75, 3.05) is 11.9 Å². The normalized spacial score (nSPS) is 10.6. The molecule has 0 spiro atoms. The average molecular weight is 380 g/mol. The van der Waals surface area contributed by atoms with Gasteiger partial charge in [-0.1, -0.05) is 55.2 Å². The van der Waals surface area contributed by atoms with E-state index in [1.54, 1.807) is 0 Å². The van der Waals surface area contributed by atoms with Crippen molar-refractivity contribution in [3.8, 4) is 0 Å². The van der Waals surface area contributed by atoms with Crippen molar-refractivity contribution in [1.29, 1.82) is 0 Å². The standard InChI is InChI=1S/C19H19Cl2NO3/c1-11(2)14-6-4-5-12(3)18(14)22-17(23)10-25-19(24)15-8-7-13(20)9-16(15)21/h4-9,11H,10H2,1-3H3,(H,22,23). The van der Waals surface area contributed by atoms with Gasteiger partial charge in [0.25, 0.3) is 5.91 Å². The van der Waals surface area contributed by atoms with Crippen molar-refractivity contribution in [2.24, 2.45) is 0 Å². The molecule has 0 aliphatic rings. The second-order valence-electron chi connectivity index (χ2n) is 5.94. The molecule has 6 heteroatoms. The van der Waals surface area contributed by atoms with Gasteiger partial charge in [-0.15, -0.1) is 0 Å². The number of carbonyl (C=O) groups excluding carboxylic acids is 2. The highest BCUT2D eigenvalue weighted by atomic mass is 35.5. The number of hydrogen-bond donors (Lipinski definition) is 1. The summed E-state index contributed by atoms with van der Waals surface area (Å²) in [6.45, 7) is 5.62. The summed E-state index contributed by atoms with van der Waals surface area (Å²) in [7, 11) is 0. The first-order chi connectivity index (χ1) is 11.8. The lowest BCUT2D eigenvalue weighted by Gasteiger charge is -2.16. The molecule has 25 heavy (non-hydrogen) atoms. The number of carbonyl (C=O) groups is 2. The molecule has 2 aromatic rings. The molecule has 4 nitrogen and oxygen atoms in total. The van der Waals surface area contributed by atoms with Crippen LogP contribution < -0.4 is 5.32 Å². The van der Waals surface area contributed by atoms with E-state index in [0.29, 0.717) is 5.02 Å². The van der Waals surface area contributed by atoms with E-state index in [-0.39, 0.29) is 16.5 Å². The van der Waals surface area contributed by atoms with Gasteiger partial charge >= 0.3 is 5.97 Å². The third-order valence-corrected chi connectivity index (χ3v) is 4.22. The van der Waals surface area contributed by atoms with E-state index >= 15 is 0 Å². The molecule has 0 heterocycles. The van der Waals surface area contributed by atoms with Crippen molar-refractivity contribution in [2.45, 2.75) is 26.7 Å². The zero-order chi connectivity index (χ0) is 18.6. The Morgan fingerprint density at radius 3 is 2.52 bits per heavy atom. The van der Waals surface area contributed by atoms with Crippen molar-refractivity contribution < 1.29 is 14.3 Å². The van der Waals surface area contributed by atoms with Crippen molar-refractivity contribution in [3.05, 3.63) is 63.1 Å². The van der Waals surface area contributed by atoms with Gasteiger partial charge in [-0.3, -0.25) is 4.79 Å². The number of rotatable bonds is 5. The van der Waals surface area contributed by atoms with Gasteiger partial charge in [0.2, 0.25) is 0 Å². The molecular formula is C19H19Cl2NO3. The van der Waals surface area contributed by atoms with E-state index < -0.39 is 18.5 Å². The van der Waals surface area contributed by atoms with E-state index in [2.05, 4.69) is 5.32 Å². The molecule has 0 aliphatic carbocycles. The van der Waals surface area contributed by atoms with E-state index in [4.69, 9.17) is 27.9 Å². The van der Waals surface area contributed by atoms with E-state index in [9.17, 15) is 9.59 Å². The highest BCUT2D eigenvalue weighted by Gasteiger charge is 2.16. The van der Waals surface area contributed by atoms with Crippen molar-refractivity contribution in [3.63, 3.8) is 0 Å². The van der Waals surface area contributed by atoms with Crippen LogP contribution in [-0.2, 0) is 9.53 Å². The SMILES string of the molecule is Cc1cccc(C(C)C)c1NC(=O)COC(=O)c1ccc(Cl)cc1Cl. The van der Waals surface area contributed by atoms with Crippen LogP contribution in [0.2, 0.25) is 10.0 Å². The molecule has 2 rings (SSSR count). The summed E-state index contributed by atoms with van der Waals surface area (Å²) < 4.78 is 5.04. The van der Waals surface area contributed by atoms with Gasteiger partial charge in [0, 0.05) is 10.7 Å². The first kappa shape index (κ1) is 19.3. The van der Waals surface area contributed by atoms with Gasteiger partial charge < -0.3 is 10.1 Å². The van der Waals surface area contributed by atoms with Crippen LogP contribution in [0.15, 0.2) is 36.4 Å². The Balaban J connectivity index is 2.03. The largest absolute Gasteiger partial charge is 0.452 e. The van der Waals surface area contributed by atoms with E-state index in [0.717, 1.165) is 16.8 Å². The number of hydrogen-bond acceptors (Lipinski definition) is 3. The molecule has 0 unspecified atom stereocenters. The maximum atomic E-state index is 12.2. The second kappa shape index (κ2) is 8.37. The van der Waals surface area contributed by atoms with Crippen LogP contribution in [0.3, 0.4) is 0 Å². The minimum absolute atomic E-state index is 0.164. The molecule has 0 fully saturated rings. The molecular weight excluding hydrogens is 361 g/mol. The Morgan fingerprint density at radius 1 is 1.16 bits per heavy atom. The lowest BCUT2D eigenvalue weighted by Crippen LogP contribution is -2.22. The van der Waals surface area contributed by atoms with Gasteiger partial charge in [-0.05, 0) is 42.2 Å². The monoisotopic (exact) mass is 379 g/mol. The molecule has 0 atom stereocenters. The van der Waals surface area contributed by atoms with E-state index in [1.165, 1.54) is 18.2 Å². The van der Waals surface area contributed by atoms with Gasteiger partial charge in [0.15, 0.2) is 6.61 Å². The lowest BCUT2D eigenvalue weighted by atomic mass is 9.98. The molecule has 0 aromatic heterocycles.